The summed E-state index contributed by atoms with van der Waals surface area (Å²) in [7, 11) is 2.09. The minimum atomic E-state index is -0.728. The van der Waals surface area contributed by atoms with Crippen LogP contribution in [0.2, 0.25) is 0 Å². The second kappa shape index (κ2) is 12.6. The summed E-state index contributed by atoms with van der Waals surface area (Å²) in [6.45, 7) is 4.19. The van der Waals surface area contributed by atoms with Gasteiger partial charge in [-0.05, 0) is 88.4 Å². The van der Waals surface area contributed by atoms with Crippen LogP contribution in [0.1, 0.15) is 76.7 Å². The molecule has 7 nitrogen and oxygen atoms in total. The molecule has 8 heteroatoms. The van der Waals surface area contributed by atoms with Crippen LogP contribution < -0.4 is 5.32 Å². The number of esters is 1. The lowest BCUT2D eigenvalue weighted by Gasteiger charge is -2.48. The Balaban J connectivity index is 1.31. The number of rotatable bonds is 8. The van der Waals surface area contributed by atoms with Gasteiger partial charge < -0.3 is 19.9 Å². The van der Waals surface area contributed by atoms with Crippen molar-refractivity contribution in [3.63, 3.8) is 0 Å². The van der Waals surface area contributed by atoms with Crippen LogP contribution in [0.25, 0.3) is 0 Å². The van der Waals surface area contributed by atoms with Gasteiger partial charge in [0.2, 0.25) is 11.8 Å². The van der Waals surface area contributed by atoms with E-state index in [2.05, 4.69) is 17.3 Å². The molecule has 3 aliphatic heterocycles. The fraction of sp³-hybridized carbons (Fsp3) is 0.719. The average Bonchev–Trinajstić information content (AvgIpc) is 2.98. The van der Waals surface area contributed by atoms with Crippen LogP contribution in [0.4, 0.5) is 4.39 Å². The van der Waals surface area contributed by atoms with Crippen LogP contribution in [-0.4, -0.2) is 73.0 Å². The number of benzene rings is 1. The number of halogens is 1. The third kappa shape index (κ3) is 6.07. The number of piperidine rings is 3. The van der Waals surface area contributed by atoms with E-state index in [-0.39, 0.29) is 35.6 Å². The number of fused-ring (bicyclic) bond motifs is 3. The third-order valence-corrected chi connectivity index (χ3v) is 10.4. The summed E-state index contributed by atoms with van der Waals surface area (Å²) in [4.78, 5) is 45.0. The molecule has 0 unspecified atom stereocenters. The molecule has 0 spiro atoms. The van der Waals surface area contributed by atoms with E-state index in [1.807, 2.05) is 11.8 Å². The van der Waals surface area contributed by atoms with Gasteiger partial charge in [0.1, 0.15) is 11.9 Å². The van der Waals surface area contributed by atoms with Crippen molar-refractivity contribution in [2.24, 2.45) is 23.2 Å². The van der Waals surface area contributed by atoms with Crippen LogP contribution in [0.3, 0.4) is 0 Å². The van der Waals surface area contributed by atoms with Gasteiger partial charge in [-0.3, -0.25) is 14.4 Å². The largest absolute Gasteiger partial charge is 0.466 e. The maximum Gasteiger partial charge on any atom is 0.312 e. The van der Waals surface area contributed by atoms with Crippen LogP contribution >= 0.6 is 0 Å². The molecule has 5 aliphatic rings. The molecule has 3 saturated heterocycles. The summed E-state index contributed by atoms with van der Waals surface area (Å²) < 4.78 is 19.2. The van der Waals surface area contributed by atoms with Crippen molar-refractivity contribution in [2.45, 2.75) is 89.6 Å². The second-order valence-electron chi connectivity index (χ2n) is 12.7. The quantitative estimate of drug-likeness (QED) is 0.483. The maximum atomic E-state index is 14.0. The molecule has 2 bridgehead atoms. The number of ether oxygens (including phenoxy) is 1. The molecule has 2 amide bonds. The molecule has 220 valence electrons. The molecule has 1 N–H and O–H groups in total. The average molecular weight is 556 g/mol. The zero-order valence-corrected chi connectivity index (χ0v) is 24.2. The zero-order chi connectivity index (χ0) is 28.3. The van der Waals surface area contributed by atoms with E-state index in [1.54, 1.807) is 12.1 Å². The van der Waals surface area contributed by atoms with Crippen molar-refractivity contribution in [1.82, 2.24) is 15.1 Å². The minimum absolute atomic E-state index is 0.0539. The minimum Gasteiger partial charge on any atom is -0.466 e. The molecule has 2 aliphatic carbocycles. The fourth-order valence-electron chi connectivity index (χ4n) is 8.15. The Morgan fingerprint density at radius 3 is 2.38 bits per heavy atom. The van der Waals surface area contributed by atoms with Gasteiger partial charge >= 0.3 is 5.97 Å². The molecule has 2 saturated carbocycles. The molecular formula is C32H46FN3O4. The Labute approximate surface area is 238 Å². The smallest absolute Gasteiger partial charge is 0.312 e. The number of nitrogens with one attached hydrogen (secondary N) is 1. The monoisotopic (exact) mass is 555 g/mol. The van der Waals surface area contributed by atoms with Crippen LogP contribution in [0.5, 0.6) is 0 Å². The maximum absolute atomic E-state index is 14.0. The topological polar surface area (TPSA) is 79.0 Å². The number of amides is 2. The first-order chi connectivity index (χ1) is 19.3. The first-order valence-corrected chi connectivity index (χ1v) is 15.5. The number of carbonyl (C=O) groups excluding carboxylic acids is 3. The highest BCUT2D eigenvalue weighted by Crippen LogP contribution is 2.47. The lowest BCUT2D eigenvalue weighted by molar-refractivity contribution is -0.166. The summed E-state index contributed by atoms with van der Waals surface area (Å²) >= 11 is 0. The van der Waals surface area contributed by atoms with Gasteiger partial charge in [-0.1, -0.05) is 31.4 Å². The highest BCUT2D eigenvalue weighted by Gasteiger charge is 2.50. The second-order valence-corrected chi connectivity index (χ2v) is 12.7. The Morgan fingerprint density at radius 1 is 1.05 bits per heavy atom. The molecule has 0 aromatic heterocycles. The number of nitrogens with zero attached hydrogens (tertiary/aromatic N) is 2. The van der Waals surface area contributed by atoms with Gasteiger partial charge in [0.15, 0.2) is 0 Å². The highest BCUT2D eigenvalue weighted by atomic mass is 19.1. The van der Waals surface area contributed by atoms with Crippen LogP contribution in [-0.2, 0) is 25.5 Å². The normalized spacial score (nSPS) is 27.7. The highest BCUT2D eigenvalue weighted by molar-refractivity contribution is 5.89. The zero-order valence-electron chi connectivity index (χ0n) is 24.2. The van der Waals surface area contributed by atoms with E-state index in [9.17, 15) is 18.8 Å². The van der Waals surface area contributed by atoms with E-state index in [1.165, 1.54) is 18.6 Å². The molecule has 0 radical (unpaired) electrons. The Kier molecular flexibility index (Phi) is 9.13. The molecule has 1 aromatic rings. The number of hydrogen-bond acceptors (Lipinski definition) is 5. The van der Waals surface area contributed by atoms with E-state index in [0.29, 0.717) is 50.8 Å². The number of hydrogen-bond donors (Lipinski definition) is 1. The first-order valence-electron chi connectivity index (χ1n) is 15.5. The van der Waals surface area contributed by atoms with Crippen molar-refractivity contribution in [3.05, 3.63) is 35.6 Å². The summed E-state index contributed by atoms with van der Waals surface area (Å²) in [5.74, 6) is 0.0912. The van der Waals surface area contributed by atoms with E-state index >= 15 is 0 Å². The molecular weight excluding hydrogens is 509 g/mol. The van der Waals surface area contributed by atoms with E-state index in [0.717, 1.165) is 57.1 Å². The molecule has 3 heterocycles. The van der Waals surface area contributed by atoms with Crippen molar-refractivity contribution in [1.29, 1.82) is 0 Å². The first kappa shape index (κ1) is 29.0. The van der Waals surface area contributed by atoms with E-state index in [4.69, 9.17) is 4.74 Å². The van der Waals surface area contributed by atoms with Gasteiger partial charge in [0, 0.05) is 32.1 Å². The van der Waals surface area contributed by atoms with Crippen molar-refractivity contribution < 1.29 is 23.5 Å². The molecule has 4 atom stereocenters. The van der Waals surface area contributed by atoms with Gasteiger partial charge in [0.05, 0.1) is 17.9 Å². The standard InChI is InChI=1S/C32H46FN3O4/c1-3-40-31(39)32(24-7-5-4-6-8-24)15-17-36(18-16-32)30(38)27(20-22-9-12-25(33)13-10-22)34-29(37)26-19-23-11-14-28(26)35(2)21-23/h9-10,12-13,23-24,26-28H,3-8,11,14-21H2,1-2H3,(H,34,37)/t23-,26-,27+,28+/m0/s1. The predicted octanol–water partition coefficient (Wildman–Crippen LogP) is 4.34. The summed E-state index contributed by atoms with van der Waals surface area (Å²) in [6.07, 6.45) is 10.1. The Morgan fingerprint density at radius 2 is 1.75 bits per heavy atom. The van der Waals surface area contributed by atoms with Crippen molar-refractivity contribution in [3.8, 4) is 0 Å². The predicted molar refractivity (Wildman–Crippen MR) is 151 cm³/mol. The molecule has 5 fully saturated rings. The number of carbonyl (C=O) groups is 3. The SMILES string of the molecule is CCOC(=O)C1(C2CCCCC2)CCN(C(=O)[C@@H](Cc2ccc(F)cc2)NC(=O)[C@H]2C[C@@H]3CC[C@H]2N(C)C3)CC1. The van der Waals surface area contributed by atoms with Gasteiger partial charge in [-0.15, -0.1) is 0 Å². The van der Waals surface area contributed by atoms with Crippen molar-refractivity contribution in [2.75, 3.05) is 33.3 Å². The van der Waals surface area contributed by atoms with Gasteiger partial charge in [0.25, 0.3) is 0 Å². The molecule has 40 heavy (non-hydrogen) atoms. The van der Waals surface area contributed by atoms with Crippen molar-refractivity contribution >= 4 is 17.8 Å². The summed E-state index contributed by atoms with van der Waals surface area (Å²) in [5, 5.41) is 3.14. The summed E-state index contributed by atoms with van der Waals surface area (Å²) in [5.41, 5.74) is 0.275. The Hall–Kier alpha value is -2.48. The van der Waals surface area contributed by atoms with Crippen LogP contribution in [0.15, 0.2) is 24.3 Å². The van der Waals surface area contributed by atoms with Gasteiger partial charge in [-0.25, -0.2) is 4.39 Å². The fourth-order valence-corrected chi connectivity index (χ4v) is 8.15. The van der Waals surface area contributed by atoms with Gasteiger partial charge in [-0.2, -0.15) is 0 Å². The summed E-state index contributed by atoms with van der Waals surface area (Å²) in [6, 6.07) is 5.64. The third-order valence-electron chi connectivity index (χ3n) is 10.4. The van der Waals surface area contributed by atoms with Crippen LogP contribution in [0, 0.1) is 29.0 Å². The van der Waals surface area contributed by atoms with E-state index < -0.39 is 11.5 Å². The Bertz CT molecular complexity index is 1050. The lowest BCUT2D eigenvalue weighted by atomic mass is 9.63. The molecule has 1 aromatic carbocycles. The molecule has 6 rings (SSSR count). The lowest BCUT2D eigenvalue weighted by Crippen LogP contribution is -2.59. The number of likely N-dealkylation sites (tertiary alicyclic amines) is 1.